The standard InChI is InChI=1S/C11H19N3O/c1-3-6-10-11(15-10)9(4-2)7-5-8-13-14-12/h3,6,9-11H,4-5,7-8H2,1-2H3/b6-3-/t9-,10+,11+/m1/s1. The quantitative estimate of drug-likeness (QED) is 0.158. The average Bonchev–Trinajstić information content (AvgIpc) is 2.98. The number of azide groups is 1. The van der Waals surface area contributed by atoms with Gasteiger partial charge in [0.25, 0.3) is 0 Å². The van der Waals surface area contributed by atoms with Crippen molar-refractivity contribution in [2.24, 2.45) is 11.0 Å². The molecule has 1 heterocycles. The molecule has 0 bridgehead atoms. The third kappa shape index (κ3) is 3.94. The lowest BCUT2D eigenvalue weighted by atomic mass is 9.94. The Kier molecular flexibility index (Phi) is 5.22. The molecule has 0 aliphatic carbocycles. The van der Waals surface area contributed by atoms with Gasteiger partial charge in [0.15, 0.2) is 0 Å². The smallest absolute Gasteiger partial charge is 0.103 e. The van der Waals surface area contributed by atoms with Crippen molar-refractivity contribution < 1.29 is 4.74 Å². The van der Waals surface area contributed by atoms with E-state index in [4.69, 9.17) is 10.3 Å². The molecule has 0 amide bonds. The fourth-order valence-corrected chi connectivity index (χ4v) is 1.93. The maximum absolute atomic E-state index is 8.15. The lowest BCUT2D eigenvalue weighted by molar-refractivity contribution is 0.301. The van der Waals surface area contributed by atoms with E-state index < -0.39 is 0 Å². The summed E-state index contributed by atoms with van der Waals surface area (Å²) in [5, 5.41) is 3.54. The second-order valence-electron chi connectivity index (χ2n) is 3.86. The Morgan fingerprint density at radius 3 is 3.00 bits per heavy atom. The van der Waals surface area contributed by atoms with E-state index in [-0.39, 0.29) is 0 Å². The first kappa shape index (κ1) is 12.1. The molecular weight excluding hydrogens is 190 g/mol. The van der Waals surface area contributed by atoms with E-state index in [9.17, 15) is 0 Å². The molecule has 0 saturated carbocycles. The number of epoxide rings is 1. The summed E-state index contributed by atoms with van der Waals surface area (Å²) in [6, 6.07) is 0. The van der Waals surface area contributed by atoms with Gasteiger partial charge in [-0.05, 0) is 31.2 Å². The number of hydrogen-bond acceptors (Lipinski definition) is 2. The van der Waals surface area contributed by atoms with E-state index in [0.717, 1.165) is 19.3 Å². The number of rotatable bonds is 7. The Labute approximate surface area is 90.9 Å². The molecule has 15 heavy (non-hydrogen) atoms. The second-order valence-corrected chi connectivity index (χ2v) is 3.86. The van der Waals surface area contributed by atoms with Crippen LogP contribution in [0, 0.1) is 5.92 Å². The fraction of sp³-hybridized carbons (Fsp3) is 0.818. The van der Waals surface area contributed by atoms with Gasteiger partial charge in [-0.3, -0.25) is 0 Å². The van der Waals surface area contributed by atoms with Crippen LogP contribution in [0.4, 0.5) is 0 Å². The van der Waals surface area contributed by atoms with Crippen molar-refractivity contribution in [3.8, 4) is 0 Å². The van der Waals surface area contributed by atoms with Crippen molar-refractivity contribution in [3.05, 3.63) is 22.6 Å². The van der Waals surface area contributed by atoms with Crippen molar-refractivity contribution in [2.75, 3.05) is 6.54 Å². The summed E-state index contributed by atoms with van der Waals surface area (Å²) in [5.74, 6) is 0.611. The summed E-state index contributed by atoms with van der Waals surface area (Å²) in [5.41, 5.74) is 8.15. The summed E-state index contributed by atoms with van der Waals surface area (Å²) in [4.78, 5) is 2.75. The zero-order valence-corrected chi connectivity index (χ0v) is 9.47. The van der Waals surface area contributed by atoms with Gasteiger partial charge < -0.3 is 4.74 Å². The van der Waals surface area contributed by atoms with Crippen LogP contribution in [0.5, 0.6) is 0 Å². The maximum Gasteiger partial charge on any atom is 0.103 e. The number of hydrogen-bond donors (Lipinski definition) is 0. The second kappa shape index (κ2) is 6.49. The lowest BCUT2D eigenvalue weighted by Gasteiger charge is -2.10. The first-order chi connectivity index (χ1) is 7.33. The van der Waals surface area contributed by atoms with Crippen LogP contribution >= 0.6 is 0 Å². The van der Waals surface area contributed by atoms with Crippen LogP contribution in [-0.2, 0) is 4.74 Å². The molecule has 4 nitrogen and oxygen atoms in total. The van der Waals surface area contributed by atoms with E-state index in [0.29, 0.717) is 24.7 Å². The van der Waals surface area contributed by atoms with E-state index in [1.165, 1.54) is 0 Å². The zero-order valence-electron chi connectivity index (χ0n) is 9.47. The molecule has 0 spiro atoms. The Morgan fingerprint density at radius 2 is 2.40 bits per heavy atom. The molecule has 1 saturated heterocycles. The molecule has 1 rings (SSSR count). The van der Waals surface area contributed by atoms with E-state index in [2.05, 4.69) is 23.0 Å². The van der Waals surface area contributed by atoms with Gasteiger partial charge in [-0.1, -0.05) is 30.6 Å². The summed E-state index contributed by atoms with van der Waals surface area (Å²) >= 11 is 0. The predicted octanol–water partition coefficient (Wildman–Crippen LogP) is 3.45. The van der Waals surface area contributed by atoms with Gasteiger partial charge in [0.05, 0.1) is 6.10 Å². The topological polar surface area (TPSA) is 61.3 Å². The molecule has 1 aliphatic rings. The van der Waals surface area contributed by atoms with Crippen LogP contribution in [0.2, 0.25) is 0 Å². The van der Waals surface area contributed by atoms with Crippen molar-refractivity contribution in [1.29, 1.82) is 0 Å². The minimum Gasteiger partial charge on any atom is -0.365 e. The Balaban J connectivity index is 2.22. The van der Waals surface area contributed by atoms with E-state index >= 15 is 0 Å². The van der Waals surface area contributed by atoms with Gasteiger partial charge in [0, 0.05) is 11.5 Å². The van der Waals surface area contributed by atoms with Gasteiger partial charge in [-0.15, -0.1) is 0 Å². The first-order valence-corrected chi connectivity index (χ1v) is 5.62. The van der Waals surface area contributed by atoms with E-state index in [1.807, 2.05) is 13.0 Å². The van der Waals surface area contributed by atoms with Gasteiger partial charge in [0.2, 0.25) is 0 Å². The van der Waals surface area contributed by atoms with Crippen molar-refractivity contribution >= 4 is 0 Å². The molecule has 0 aromatic heterocycles. The van der Waals surface area contributed by atoms with Crippen molar-refractivity contribution in [1.82, 2.24) is 0 Å². The monoisotopic (exact) mass is 209 g/mol. The highest BCUT2D eigenvalue weighted by Crippen LogP contribution is 2.34. The maximum atomic E-state index is 8.15. The Bertz CT molecular complexity index is 259. The molecular formula is C11H19N3O. The van der Waals surface area contributed by atoms with Crippen LogP contribution in [-0.4, -0.2) is 18.8 Å². The third-order valence-corrected chi connectivity index (χ3v) is 2.83. The van der Waals surface area contributed by atoms with Gasteiger partial charge >= 0.3 is 0 Å². The molecule has 0 aromatic rings. The van der Waals surface area contributed by atoms with Crippen LogP contribution in [0.1, 0.15) is 33.1 Å². The van der Waals surface area contributed by atoms with Crippen LogP contribution in [0.3, 0.4) is 0 Å². The zero-order chi connectivity index (χ0) is 11.1. The molecule has 3 atom stereocenters. The highest BCUT2D eigenvalue weighted by Gasteiger charge is 2.41. The summed E-state index contributed by atoms with van der Waals surface area (Å²) < 4.78 is 5.58. The van der Waals surface area contributed by atoms with Crippen LogP contribution in [0.15, 0.2) is 17.3 Å². The number of allylic oxidation sites excluding steroid dienone is 1. The highest BCUT2D eigenvalue weighted by atomic mass is 16.6. The molecule has 1 fully saturated rings. The summed E-state index contributed by atoms with van der Waals surface area (Å²) in [6.07, 6.45) is 8.07. The fourth-order valence-electron chi connectivity index (χ4n) is 1.93. The van der Waals surface area contributed by atoms with Gasteiger partial charge in [0.1, 0.15) is 6.10 Å². The van der Waals surface area contributed by atoms with Gasteiger partial charge in [-0.25, -0.2) is 0 Å². The minimum atomic E-state index is 0.333. The van der Waals surface area contributed by atoms with Gasteiger partial charge in [-0.2, -0.15) is 0 Å². The van der Waals surface area contributed by atoms with Crippen molar-refractivity contribution in [3.63, 3.8) is 0 Å². The Hall–Kier alpha value is -0.990. The first-order valence-electron chi connectivity index (χ1n) is 5.62. The average molecular weight is 209 g/mol. The highest BCUT2D eigenvalue weighted by molar-refractivity contribution is 5.03. The van der Waals surface area contributed by atoms with Crippen LogP contribution in [0.25, 0.3) is 10.4 Å². The SMILES string of the molecule is C/C=C\[C@@H]1O[C@H]1[C@H](CC)CCCN=[N+]=[N-]. The number of nitrogens with zero attached hydrogens (tertiary/aromatic N) is 3. The minimum absolute atomic E-state index is 0.333. The summed E-state index contributed by atoms with van der Waals surface area (Å²) in [7, 11) is 0. The van der Waals surface area contributed by atoms with Crippen LogP contribution < -0.4 is 0 Å². The predicted molar refractivity (Wildman–Crippen MR) is 60.5 cm³/mol. The molecule has 0 aromatic carbocycles. The third-order valence-electron chi connectivity index (χ3n) is 2.83. The molecule has 1 aliphatic heterocycles. The molecule has 0 N–H and O–H groups in total. The number of ether oxygens (including phenoxy) is 1. The molecule has 0 radical (unpaired) electrons. The molecule has 84 valence electrons. The lowest BCUT2D eigenvalue weighted by Crippen LogP contribution is -2.09. The largest absolute Gasteiger partial charge is 0.365 e. The normalized spacial score (nSPS) is 26.3. The Morgan fingerprint density at radius 1 is 1.60 bits per heavy atom. The summed E-state index contributed by atoms with van der Waals surface area (Å²) in [6.45, 7) is 4.81. The molecule has 0 unspecified atom stereocenters. The van der Waals surface area contributed by atoms with Crippen molar-refractivity contribution in [2.45, 2.75) is 45.3 Å². The molecule has 4 heteroatoms. The van der Waals surface area contributed by atoms with E-state index in [1.54, 1.807) is 0 Å².